The zero-order valence-corrected chi connectivity index (χ0v) is 15.8. The van der Waals surface area contributed by atoms with E-state index in [1.54, 1.807) is 7.11 Å². The van der Waals surface area contributed by atoms with Crippen molar-refractivity contribution in [3.05, 3.63) is 41.6 Å². The minimum atomic E-state index is -0.701. The second-order valence-corrected chi connectivity index (χ2v) is 6.82. The van der Waals surface area contributed by atoms with Gasteiger partial charge in [-0.15, -0.1) is 0 Å². The molecule has 1 aromatic heterocycles. The molecule has 3 rings (SSSR count). The lowest BCUT2D eigenvalue weighted by Crippen LogP contribution is -2.37. The summed E-state index contributed by atoms with van der Waals surface area (Å²) in [5.74, 6) is 1.37. The molecule has 27 heavy (non-hydrogen) atoms. The van der Waals surface area contributed by atoms with E-state index in [2.05, 4.69) is 26.3 Å². The molecular weight excluding hydrogens is 344 g/mol. The molecule has 0 aliphatic carbocycles. The number of carboxylic acids is 1. The van der Waals surface area contributed by atoms with Crippen LogP contribution in [-0.4, -0.2) is 47.8 Å². The summed E-state index contributed by atoms with van der Waals surface area (Å²) in [7, 11) is 1.67. The minimum absolute atomic E-state index is 0.246. The van der Waals surface area contributed by atoms with Gasteiger partial charge in [-0.3, -0.25) is 4.79 Å². The minimum Gasteiger partial charge on any atom is -0.497 e. The SMILES string of the molecule is COc1cccc(CCNc2nc(C)cc(N3CCC(C(=O)O)CC3)n2)c1. The molecule has 1 aliphatic heterocycles. The maximum Gasteiger partial charge on any atom is 0.306 e. The van der Waals surface area contributed by atoms with Gasteiger partial charge in [0.25, 0.3) is 0 Å². The molecule has 2 aromatic rings. The summed E-state index contributed by atoms with van der Waals surface area (Å²) in [6.45, 7) is 4.08. The molecule has 0 atom stereocenters. The number of hydrogen-bond donors (Lipinski definition) is 2. The normalized spacial score (nSPS) is 14.8. The number of carboxylic acid groups (broad SMARTS) is 1. The number of carbonyl (C=O) groups is 1. The second-order valence-electron chi connectivity index (χ2n) is 6.82. The number of aliphatic carboxylic acids is 1. The zero-order valence-electron chi connectivity index (χ0n) is 15.8. The van der Waals surface area contributed by atoms with Gasteiger partial charge in [0.1, 0.15) is 11.6 Å². The van der Waals surface area contributed by atoms with Crippen LogP contribution >= 0.6 is 0 Å². The molecule has 144 valence electrons. The van der Waals surface area contributed by atoms with Gasteiger partial charge in [0.15, 0.2) is 0 Å². The molecule has 0 bridgehead atoms. The number of aromatic nitrogens is 2. The fraction of sp³-hybridized carbons (Fsp3) is 0.450. The highest BCUT2D eigenvalue weighted by molar-refractivity contribution is 5.70. The Morgan fingerprint density at radius 3 is 2.78 bits per heavy atom. The van der Waals surface area contributed by atoms with Crippen molar-refractivity contribution in [3.63, 3.8) is 0 Å². The number of piperidine rings is 1. The second kappa shape index (κ2) is 8.70. The van der Waals surface area contributed by atoms with Gasteiger partial charge in [-0.1, -0.05) is 12.1 Å². The molecule has 0 saturated carbocycles. The van der Waals surface area contributed by atoms with Crippen molar-refractivity contribution < 1.29 is 14.6 Å². The fourth-order valence-corrected chi connectivity index (χ4v) is 3.30. The van der Waals surface area contributed by atoms with Gasteiger partial charge in [-0.05, 0) is 43.9 Å². The molecule has 0 amide bonds. The van der Waals surface area contributed by atoms with Gasteiger partial charge < -0.3 is 20.1 Å². The number of nitrogens with zero attached hydrogens (tertiary/aromatic N) is 3. The van der Waals surface area contributed by atoms with Crippen molar-refractivity contribution in [1.82, 2.24) is 9.97 Å². The Morgan fingerprint density at radius 2 is 2.07 bits per heavy atom. The highest BCUT2D eigenvalue weighted by Gasteiger charge is 2.25. The first-order chi connectivity index (χ1) is 13.0. The Labute approximate surface area is 159 Å². The third-order valence-electron chi connectivity index (χ3n) is 4.84. The first-order valence-electron chi connectivity index (χ1n) is 9.25. The molecule has 1 saturated heterocycles. The first kappa shape index (κ1) is 18.9. The van der Waals surface area contributed by atoms with Crippen LogP contribution in [0, 0.1) is 12.8 Å². The highest BCUT2D eigenvalue weighted by Crippen LogP contribution is 2.23. The molecule has 1 aliphatic rings. The van der Waals surface area contributed by atoms with Gasteiger partial charge in [0, 0.05) is 31.4 Å². The zero-order chi connectivity index (χ0) is 19.2. The predicted molar refractivity (Wildman–Crippen MR) is 105 cm³/mol. The predicted octanol–water partition coefficient (Wildman–Crippen LogP) is 2.75. The summed E-state index contributed by atoms with van der Waals surface area (Å²) in [5.41, 5.74) is 2.08. The van der Waals surface area contributed by atoms with Gasteiger partial charge in [-0.2, -0.15) is 4.98 Å². The number of aryl methyl sites for hydroxylation is 1. The van der Waals surface area contributed by atoms with Crippen molar-refractivity contribution in [2.45, 2.75) is 26.2 Å². The molecular formula is C20H26N4O3. The van der Waals surface area contributed by atoms with E-state index < -0.39 is 5.97 Å². The lowest BCUT2D eigenvalue weighted by Gasteiger charge is -2.31. The fourth-order valence-electron chi connectivity index (χ4n) is 3.30. The van der Waals surface area contributed by atoms with Crippen molar-refractivity contribution in [2.24, 2.45) is 5.92 Å². The third-order valence-corrected chi connectivity index (χ3v) is 4.84. The molecule has 0 spiro atoms. The van der Waals surface area contributed by atoms with Gasteiger partial charge >= 0.3 is 5.97 Å². The topological polar surface area (TPSA) is 87.6 Å². The molecule has 1 aromatic carbocycles. The number of hydrogen-bond acceptors (Lipinski definition) is 6. The Hall–Kier alpha value is -2.83. The molecule has 0 unspecified atom stereocenters. The van der Waals surface area contributed by atoms with Crippen LogP contribution in [0.1, 0.15) is 24.1 Å². The highest BCUT2D eigenvalue weighted by atomic mass is 16.5. The number of rotatable bonds is 7. The van der Waals surface area contributed by atoms with Crippen molar-refractivity contribution in [1.29, 1.82) is 0 Å². The molecule has 2 heterocycles. The average molecular weight is 370 g/mol. The Balaban J connectivity index is 1.59. The van der Waals surface area contributed by atoms with Gasteiger partial charge in [-0.25, -0.2) is 4.98 Å². The quantitative estimate of drug-likeness (QED) is 0.775. The molecule has 7 heteroatoms. The van der Waals surface area contributed by atoms with Gasteiger partial charge in [0.05, 0.1) is 13.0 Å². The van der Waals surface area contributed by atoms with Crippen molar-refractivity contribution in [2.75, 3.05) is 37.0 Å². The number of benzene rings is 1. The van der Waals surface area contributed by atoms with Crippen LogP contribution in [0.3, 0.4) is 0 Å². The Bertz CT molecular complexity index is 789. The Morgan fingerprint density at radius 1 is 1.30 bits per heavy atom. The summed E-state index contributed by atoms with van der Waals surface area (Å²) in [6, 6.07) is 9.96. The van der Waals surface area contributed by atoms with Crippen LogP contribution in [0.4, 0.5) is 11.8 Å². The molecule has 1 fully saturated rings. The van der Waals surface area contributed by atoms with Crippen LogP contribution in [0.2, 0.25) is 0 Å². The van der Waals surface area contributed by atoms with Crippen molar-refractivity contribution >= 4 is 17.7 Å². The van der Waals surface area contributed by atoms with E-state index in [0.29, 0.717) is 31.9 Å². The summed E-state index contributed by atoms with van der Waals surface area (Å²) >= 11 is 0. The molecule has 0 radical (unpaired) electrons. The van der Waals surface area contributed by atoms with E-state index in [9.17, 15) is 4.79 Å². The molecule has 2 N–H and O–H groups in total. The number of anilines is 2. The molecule has 7 nitrogen and oxygen atoms in total. The largest absolute Gasteiger partial charge is 0.497 e. The summed E-state index contributed by atoms with van der Waals surface area (Å²) in [5, 5.41) is 12.4. The number of methoxy groups -OCH3 is 1. The number of ether oxygens (including phenoxy) is 1. The maximum absolute atomic E-state index is 11.1. The van der Waals surface area contributed by atoms with E-state index >= 15 is 0 Å². The summed E-state index contributed by atoms with van der Waals surface area (Å²) in [4.78, 5) is 22.4. The van der Waals surface area contributed by atoms with E-state index in [-0.39, 0.29) is 5.92 Å². The average Bonchev–Trinajstić information content (AvgIpc) is 2.68. The van der Waals surface area contributed by atoms with E-state index in [1.165, 1.54) is 5.56 Å². The maximum atomic E-state index is 11.1. The standard InChI is InChI=1S/C20H26N4O3/c1-14-12-18(24-10-7-16(8-11-24)19(25)26)23-20(22-14)21-9-6-15-4-3-5-17(13-15)27-2/h3-5,12-13,16H,6-11H2,1-2H3,(H,25,26)(H,21,22,23). The lowest BCUT2D eigenvalue weighted by molar-refractivity contribution is -0.142. The van der Waals surface area contributed by atoms with Crippen LogP contribution < -0.4 is 15.0 Å². The van der Waals surface area contributed by atoms with Crippen LogP contribution in [0.25, 0.3) is 0 Å². The first-order valence-corrected chi connectivity index (χ1v) is 9.25. The van der Waals surface area contributed by atoms with E-state index in [4.69, 9.17) is 9.84 Å². The third kappa shape index (κ3) is 5.09. The van der Waals surface area contributed by atoms with Crippen molar-refractivity contribution in [3.8, 4) is 5.75 Å². The lowest BCUT2D eigenvalue weighted by atomic mass is 9.97. The summed E-state index contributed by atoms with van der Waals surface area (Å²) < 4.78 is 5.25. The van der Waals surface area contributed by atoms with Crippen LogP contribution in [0.5, 0.6) is 5.75 Å². The van der Waals surface area contributed by atoms with Crippen LogP contribution in [-0.2, 0) is 11.2 Å². The van der Waals surface area contributed by atoms with E-state index in [0.717, 1.165) is 30.2 Å². The van der Waals surface area contributed by atoms with Gasteiger partial charge in [0.2, 0.25) is 5.95 Å². The summed E-state index contributed by atoms with van der Waals surface area (Å²) in [6.07, 6.45) is 2.14. The monoisotopic (exact) mass is 370 g/mol. The van der Waals surface area contributed by atoms with Crippen LogP contribution in [0.15, 0.2) is 30.3 Å². The Kier molecular flexibility index (Phi) is 6.11. The number of nitrogens with one attached hydrogen (secondary N) is 1. The smallest absolute Gasteiger partial charge is 0.306 e. The van der Waals surface area contributed by atoms with E-state index in [1.807, 2.05) is 31.2 Å².